The number of nitrogens with zero attached hydrogens (tertiary/aromatic N) is 4. The second-order valence-electron chi connectivity index (χ2n) is 7.77. The van der Waals surface area contributed by atoms with Gasteiger partial charge in [0.25, 0.3) is 0 Å². The topological polar surface area (TPSA) is 104 Å². The van der Waals surface area contributed by atoms with E-state index in [9.17, 15) is 21.6 Å². The van der Waals surface area contributed by atoms with Crippen LogP contribution < -0.4 is 10.2 Å². The Bertz CT molecular complexity index is 991. The van der Waals surface area contributed by atoms with Gasteiger partial charge in [-0.25, -0.2) is 13.5 Å². The smallest absolute Gasteiger partial charge is 0.371 e. The second-order valence-corrected chi connectivity index (χ2v) is 9.72. The largest absolute Gasteiger partial charge is 0.417 e. The van der Waals surface area contributed by atoms with Gasteiger partial charge in [0.1, 0.15) is 0 Å². The van der Waals surface area contributed by atoms with Crippen molar-refractivity contribution in [3.05, 3.63) is 17.7 Å². The van der Waals surface area contributed by atoms with Crippen LogP contribution in [0.15, 0.2) is 17.0 Å². The first-order valence-electron chi connectivity index (χ1n) is 9.25. The van der Waals surface area contributed by atoms with Gasteiger partial charge in [-0.05, 0) is 53.8 Å². The summed E-state index contributed by atoms with van der Waals surface area (Å²) >= 11 is 0. The van der Waals surface area contributed by atoms with E-state index < -0.39 is 26.5 Å². The van der Waals surface area contributed by atoms with Crippen LogP contribution in [0.25, 0.3) is 11.4 Å². The first-order valence-corrected chi connectivity index (χ1v) is 11.1. The Morgan fingerprint density at radius 1 is 1.17 bits per heavy atom. The fourth-order valence-corrected chi connectivity index (χ4v) is 5.54. The molecule has 12 heteroatoms. The fourth-order valence-electron chi connectivity index (χ4n) is 4.38. The maximum absolute atomic E-state index is 13.6. The van der Waals surface area contributed by atoms with Crippen LogP contribution in [0, 0.1) is 5.41 Å². The third-order valence-electron chi connectivity index (χ3n) is 5.89. The summed E-state index contributed by atoms with van der Waals surface area (Å²) in [6, 6.07) is 2.15. The number of nitrogens with one attached hydrogen (secondary N) is 2. The van der Waals surface area contributed by atoms with E-state index in [2.05, 4.69) is 25.9 Å². The molecular weight excluding hydrogens is 409 g/mol. The lowest BCUT2D eigenvalue weighted by atomic mass is 9.77. The molecule has 0 unspecified atom stereocenters. The molecule has 2 fully saturated rings. The van der Waals surface area contributed by atoms with E-state index >= 15 is 0 Å². The third-order valence-corrected chi connectivity index (χ3v) is 7.06. The van der Waals surface area contributed by atoms with Crippen LogP contribution in [0.4, 0.5) is 18.9 Å². The zero-order valence-corrected chi connectivity index (χ0v) is 16.6. The van der Waals surface area contributed by atoms with E-state index in [-0.39, 0.29) is 16.8 Å². The average molecular weight is 430 g/mol. The second kappa shape index (κ2) is 6.94. The number of aromatic amines is 1. The molecule has 0 amide bonds. The van der Waals surface area contributed by atoms with E-state index in [0.29, 0.717) is 18.8 Å². The number of hydrogen-bond acceptors (Lipinski definition) is 7. The van der Waals surface area contributed by atoms with Crippen molar-refractivity contribution in [2.24, 2.45) is 5.41 Å². The maximum atomic E-state index is 13.6. The van der Waals surface area contributed by atoms with Gasteiger partial charge in [-0.15, -0.1) is 5.10 Å². The molecule has 29 heavy (non-hydrogen) atoms. The molecule has 2 aliphatic rings. The third kappa shape index (κ3) is 3.70. The molecule has 8 nitrogen and oxygen atoms in total. The summed E-state index contributed by atoms with van der Waals surface area (Å²) in [5.74, 6) is -0.102. The van der Waals surface area contributed by atoms with Gasteiger partial charge in [0.05, 0.1) is 16.0 Å². The van der Waals surface area contributed by atoms with Crippen molar-refractivity contribution in [3.8, 4) is 11.4 Å². The van der Waals surface area contributed by atoms with Crippen LogP contribution in [0.2, 0.25) is 0 Å². The van der Waals surface area contributed by atoms with Crippen LogP contribution in [0.3, 0.4) is 0 Å². The molecule has 0 radical (unpaired) electrons. The molecule has 2 N–H and O–H groups in total. The van der Waals surface area contributed by atoms with Crippen molar-refractivity contribution in [2.45, 2.75) is 30.3 Å². The van der Waals surface area contributed by atoms with Crippen molar-refractivity contribution in [1.29, 1.82) is 0 Å². The molecule has 2 aromatic rings. The Morgan fingerprint density at radius 3 is 2.41 bits per heavy atom. The Kier molecular flexibility index (Phi) is 4.80. The Labute approximate surface area is 165 Å². The summed E-state index contributed by atoms with van der Waals surface area (Å²) < 4.78 is 65.8. The number of halogens is 3. The van der Waals surface area contributed by atoms with Gasteiger partial charge in [-0.2, -0.15) is 13.2 Å². The highest BCUT2D eigenvalue weighted by Gasteiger charge is 2.41. The zero-order chi connectivity index (χ0) is 20.9. The molecule has 1 aromatic carbocycles. The minimum atomic E-state index is -4.83. The highest BCUT2D eigenvalue weighted by atomic mass is 32.2. The normalized spacial score (nSPS) is 19.8. The molecule has 3 heterocycles. The van der Waals surface area contributed by atoms with E-state index in [4.69, 9.17) is 0 Å². The molecule has 2 saturated heterocycles. The molecule has 0 bridgehead atoms. The number of sulfone groups is 1. The summed E-state index contributed by atoms with van der Waals surface area (Å²) in [6.07, 6.45) is -1.24. The minimum absolute atomic E-state index is 0.102. The summed E-state index contributed by atoms with van der Waals surface area (Å²) in [6.45, 7) is 3.13. The molecule has 1 aromatic heterocycles. The predicted molar refractivity (Wildman–Crippen MR) is 99.1 cm³/mol. The molecule has 1 spiro atoms. The number of rotatable bonds is 3. The quantitative estimate of drug-likeness (QED) is 0.766. The Hall–Kier alpha value is -2.21. The van der Waals surface area contributed by atoms with Gasteiger partial charge in [0.15, 0.2) is 15.7 Å². The number of piperidine rings is 1. The molecule has 158 valence electrons. The van der Waals surface area contributed by atoms with Crippen molar-refractivity contribution in [3.63, 3.8) is 0 Å². The number of aromatic nitrogens is 4. The number of hydrogen-bond donors (Lipinski definition) is 2. The average Bonchev–Trinajstić information content (AvgIpc) is 3.32. The maximum Gasteiger partial charge on any atom is 0.417 e. The van der Waals surface area contributed by atoms with Crippen molar-refractivity contribution >= 4 is 15.5 Å². The predicted octanol–water partition coefficient (Wildman–Crippen LogP) is 1.87. The SMILES string of the molecule is CS(=O)(=O)c1c(C(F)(F)F)ccc(N2CCC3(CCNC3)CC2)c1-c1nnn[nH]1. The van der Waals surface area contributed by atoms with Crippen molar-refractivity contribution < 1.29 is 21.6 Å². The van der Waals surface area contributed by atoms with E-state index in [1.54, 1.807) is 0 Å². The first-order chi connectivity index (χ1) is 13.6. The highest BCUT2D eigenvalue weighted by molar-refractivity contribution is 7.91. The zero-order valence-electron chi connectivity index (χ0n) is 15.8. The molecule has 0 atom stereocenters. The fraction of sp³-hybridized carbons (Fsp3) is 0.588. The van der Waals surface area contributed by atoms with Crippen molar-refractivity contribution in [1.82, 2.24) is 25.9 Å². The first kappa shape index (κ1) is 20.1. The molecule has 2 aliphatic heterocycles. The Morgan fingerprint density at radius 2 is 1.90 bits per heavy atom. The van der Waals surface area contributed by atoms with Gasteiger partial charge < -0.3 is 10.2 Å². The number of alkyl halides is 3. The van der Waals surface area contributed by atoms with Crippen LogP contribution >= 0.6 is 0 Å². The van der Waals surface area contributed by atoms with Gasteiger partial charge in [-0.1, -0.05) is 0 Å². The Balaban J connectivity index is 1.85. The van der Waals surface area contributed by atoms with Crippen LogP contribution in [-0.2, 0) is 16.0 Å². The monoisotopic (exact) mass is 430 g/mol. The van der Waals surface area contributed by atoms with E-state index in [1.165, 1.54) is 6.07 Å². The lowest BCUT2D eigenvalue weighted by Crippen LogP contribution is -2.41. The lowest BCUT2D eigenvalue weighted by molar-refractivity contribution is -0.139. The number of H-pyrrole nitrogens is 1. The van der Waals surface area contributed by atoms with Gasteiger partial charge in [0, 0.05) is 31.6 Å². The number of anilines is 1. The molecule has 0 aliphatic carbocycles. The van der Waals surface area contributed by atoms with Gasteiger partial charge >= 0.3 is 6.18 Å². The molecule has 4 rings (SSSR count). The summed E-state index contributed by atoms with van der Waals surface area (Å²) in [7, 11) is -4.23. The standard InChI is InChI=1S/C17H21F3N6O2S/c1-29(27,28)14-11(17(18,19)20)2-3-12(13(14)15-22-24-25-23-15)26-8-5-16(6-9-26)4-7-21-10-16/h2-3,21H,4-10H2,1H3,(H,22,23,24,25). The van der Waals surface area contributed by atoms with Crippen LogP contribution in [-0.4, -0.2) is 61.5 Å². The number of tetrazole rings is 1. The van der Waals surface area contributed by atoms with Crippen LogP contribution in [0.5, 0.6) is 0 Å². The van der Waals surface area contributed by atoms with Gasteiger partial charge in [0.2, 0.25) is 0 Å². The van der Waals surface area contributed by atoms with Crippen molar-refractivity contribution in [2.75, 3.05) is 37.3 Å². The summed E-state index contributed by atoms with van der Waals surface area (Å²) in [5, 5.41) is 16.4. The summed E-state index contributed by atoms with van der Waals surface area (Å²) in [5.41, 5.74) is -0.759. The van der Waals surface area contributed by atoms with E-state index in [1.807, 2.05) is 4.90 Å². The minimum Gasteiger partial charge on any atom is -0.371 e. The molecule has 0 saturated carbocycles. The van der Waals surface area contributed by atoms with Crippen LogP contribution in [0.1, 0.15) is 24.8 Å². The van der Waals surface area contributed by atoms with Gasteiger partial charge in [-0.3, -0.25) is 0 Å². The molecular formula is C17H21F3N6O2S. The number of benzene rings is 1. The van der Waals surface area contributed by atoms with E-state index in [0.717, 1.165) is 44.7 Å². The highest BCUT2D eigenvalue weighted by Crippen LogP contribution is 2.45. The summed E-state index contributed by atoms with van der Waals surface area (Å²) in [4.78, 5) is 1.12. The lowest BCUT2D eigenvalue weighted by Gasteiger charge is -2.40.